The monoisotopic (exact) mass is 2030 g/mol. The predicted octanol–water partition coefficient (Wildman–Crippen LogP) is 16.6. The second kappa shape index (κ2) is 58.1. The molecule has 32 heteroatoms. The highest BCUT2D eigenvalue weighted by molar-refractivity contribution is 7.79. The third-order valence-corrected chi connectivity index (χ3v) is 28.7. The highest BCUT2D eigenvalue weighted by atomic mass is 32.1. The minimum atomic E-state index is -0.563. The minimum absolute atomic E-state index is 0.0214. The van der Waals surface area contributed by atoms with Gasteiger partial charge in [-0.2, -0.15) is 25.3 Å². The van der Waals surface area contributed by atoms with Crippen LogP contribution in [0, 0.1) is 23.7 Å². The molecule has 9 aliphatic rings. The Morgan fingerprint density at radius 2 is 0.729 bits per heavy atom. The molecule has 0 radical (unpaired) electrons. The number of hydrogen-bond donors (Lipinski definition) is 4. The smallest absolute Gasteiger partial charge is 0.494 e. The van der Waals surface area contributed by atoms with Crippen LogP contribution in [0.3, 0.4) is 0 Å². The molecule has 2 unspecified atom stereocenters. The lowest BCUT2D eigenvalue weighted by Gasteiger charge is -2.33. The van der Waals surface area contributed by atoms with E-state index in [1.807, 2.05) is 39.8 Å². The fourth-order valence-electron chi connectivity index (χ4n) is 19.3. The number of hydroxylamine groups is 2. The maximum absolute atomic E-state index is 12.9. The zero-order valence-electron chi connectivity index (χ0n) is 88.5. The molecule has 28 nitrogen and oxygen atoms in total. The molecule has 788 valence electrons. The number of nitrogens with one attached hydrogen (secondary N) is 1. The molecule has 15 rings (SSSR count). The standard InChI is InChI=1S/C51H67BN2O10.C39H54BNO7.C16H18N2O6.2C2H6.2CH4S/c1-49(2)50(3,4)64-52(63-49)40-17-21-43-42-20-16-39(32-44(42)51(45(43)33-40,35-61-31-29-59-6)24-9-26-60-30-28-58-5)37-14-18-41(19-15-37)62-27-8-7-25-53-48(57)38-12-10-36(11-13-38)34-54-46(55)22-23-47(54)56;1-37(2)38(3,4)48-40(47-37)31-13-17-34-33-16-12-30(29-10-14-32(15-11-29)46-21-8-7-19-41)26-35(33)39(36(34)27-31,28-45-25-23-43-6)18-9-20-44-24-22-42-5;19-12-5-6-13(20)17(12)9-10-1-3-11(4-2-10)16(23)24-18-14(21)7-8-15(18)22;4*1-2/h14-23,32-33,36,38H,7-13,24-31,34-35H2,1-6H3,(H,53,57);10-17,26-27H,7-9,18-25,28,41H2,1-6H3;5-6,10-11H,1-4,7-9H2;2*1-2H3;2*2H,1H3. The molecule has 5 aliphatic heterocycles. The number of nitrogens with two attached hydrogens (primary N) is 1. The van der Waals surface area contributed by atoms with Gasteiger partial charge in [0.2, 0.25) is 5.91 Å². The lowest BCUT2D eigenvalue weighted by Crippen LogP contribution is -2.41. The number of thiol groups is 2. The Bertz CT molecular complexity index is 5090. The molecule has 4 aliphatic carbocycles. The van der Waals surface area contributed by atoms with Crippen LogP contribution < -0.4 is 31.4 Å². The number of unbranched alkanes of at least 4 members (excludes halogenated alkanes) is 2. The second-order valence-electron chi connectivity index (χ2n) is 38.9. The Morgan fingerprint density at radius 3 is 1.09 bits per heavy atom. The first-order valence-corrected chi connectivity index (χ1v) is 53.3. The molecule has 3 N–H and O–H groups in total. The first-order valence-electron chi connectivity index (χ1n) is 51.5. The van der Waals surface area contributed by atoms with Gasteiger partial charge in [-0.05, 0) is 303 Å². The lowest BCUT2D eigenvalue weighted by atomic mass is 9.71. The van der Waals surface area contributed by atoms with Crippen molar-refractivity contribution >= 4 is 97.7 Å². The second-order valence-corrected chi connectivity index (χ2v) is 38.9. The quantitative estimate of drug-likeness (QED) is 0.0119. The highest BCUT2D eigenvalue weighted by Gasteiger charge is 2.55. The zero-order chi connectivity index (χ0) is 105. The molecule has 3 saturated heterocycles. The van der Waals surface area contributed by atoms with Gasteiger partial charge >= 0.3 is 20.2 Å². The highest BCUT2D eigenvalue weighted by Crippen LogP contribution is 2.55. The molecule has 144 heavy (non-hydrogen) atoms. The Morgan fingerprint density at radius 1 is 0.396 bits per heavy atom. The Hall–Kier alpha value is -8.93. The first kappa shape index (κ1) is 119. The number of imide groups is 3. The van der Waals surface area contributed by atoms with Crippen molar-refractivity contribution < 1.29 is 109 Å². The molecule has 6 aromatic carbocycles. The van der Waals surface area contributed by atoms with Gasteiger partial charge < -0.3 is 81.9 Å². The van der Waals surface area contributed by atoms with Crippen LogP contribution in [-0.4, -0.2) is 258 Å². The van der Waals surface area contributed by atoms with Crippen molar-refractivity contribution in [1.29, 1.82) is 0 Å². The minimum Gasteiger partial charge on any atom is -0.494 e. The van der Waals surface area contributed by atoms with Crippen molar-refractivity contribution in [2.75, 3.05) is 160 Å². The van der Waals surface area contributed by atoms with E-state index in [0.717, 1.165) is 122 Å². The summed E-state index contributed by atoms with van der Waals surface area (Å²) >= 11 is 7.06. The van der Waals surface area contributed by atoms with Gasteiger partial charge in [0.1, 0.15) is 11.5 Å². The summed E-state index contributed by atoms with van der Waals surface area (Å²) in [5.74, 6) is -0.833. The number of amides is 7. The van der Waals surface area contributed by atoms with E-state index in [2.05, 4.69) is 195 Å². The summed E-state index contributed by atoms with van der Waals surface area (Å²) in [6.45, 7) is 34.5. The van der Waals surface area contributed by atoms with Crippen molar-refractivity contribution in [3.05, 3.63) is 168 Å². The molecule has 0 aromatic heterocycles. The van der Waals surface area contributed by atoms with Crippen LogP contribution in [0.5, 0.6) is 11.5 Å². The van der Waals surface area contributed by atoms with Crippen LogP contribution in [-0.2, 0) is 111 Å². The number of carbonyl (C=O) groups is 8. The van der Waals surface area contributed by atoms with Gasteiger partial charge in [-0.25, -0.2) is 4.79 Å². The van der Waals surface area contributed by atoms with Crippen molar-refractivity contribution in [2.45, 2.75) is 232 Å². The third-order valence-electron chi connectivity index (χ3n) is 28.7. The lowest BCUT2D eigenvalue weighted by molar-refractivity contribution is -0.201. The van der Waals surface area contributed by atoms with Crippen molar-refractivity contribution in [2.24, 2.45) is 29.4 Å². The van der Waals surface area contributed by atoms with Crippen LogP contribution >= 0.6 is 25.3 Å². The topological polar surface area (TPSA) is 323 Å². The summed E-state index contributed by atoms with van der Waals surface area (Å²) in [4.78, 5) is 102. The molecule has 5 heterocycles. The van der Waals surface area contributed by atoms with Gasteiger partial charge in [0.15, 0.2) is 0 Å². The van der Waals surface area contributed by atoms with Crippen molar-refractivity contribution in [3.63, 3.8) is 0 Å². The maximum atomic E-state index is 12.9. The van der Waals surface area contributed by atoms with Crippen LogP contribution in [0.4, 0.5) is 0 Å². The SMILES string of the molecule is CC.CC.COCCOCCCC1(COCCOC)c2cc(B3OC(C)(C)C(C)(C)O3)ccc2-c2ccc(-c3ccc(OCCCCN)cc3)cc21.COCCOCCCC1(COCCOC)c2cc(B3OC(C)(C)C(C)(C)O3)ccc2-c2ccc(-c3ccc(OCCCCNC(=O)C4CCC(CN5C(=O)C=CC5=O)CC4)cc3)cc21.CS.CS.O=C(ON1C(=O)CCC1=O)C1CCC(CN2C(=O)C=CC2=O)CC1. The van der Waals surface area contributed by atoms with E-state index in [9.17, 15) is 38.4 Å². The molecule has 2 saturated carbocycles. The molecule has 7 amide bonds. The van der Waals surface area contributed by atoms with Crippen LogP contribution in [0.25, 0.3) is 44.5 Å². The fraction of sp³-hybridized carbons (Fsp3) is 0.571. The van der Waals surface area contributed by atoms with Gasteiger partial charge in [-0.15, -0.1) is 5.06 Å². The predicted molar refractivity (Wildman–Crippen MR) is 571 cm³/mol. The average molecular weight is 2030 g/mol. The summed E-state index contributed by atoms with van der Waals surface area (Å²) in [6, 6.07) is 43.6. The summed E-state index contributed by atoms with van der Waals surface area (Å²) in [6.07, 6.45) is 21.3. The van der Waals surface area contributed by atoms with Crippen LogP contribution in [0.2, 0.25) is 0 Å². The van der Waals surface area contributed by atoms with Gasteiger partial charge in [-0.3, -0.25) is 43.4 Å². The summed E-state index contributed by atoms with van der Waals surface area (Å²) in [5, 5.41) is 3.68. The zero-order valence-corrected chi connectivity index (χ0v) is 90.3. The fourth-order valence-corrected chi connectivity index (χ4v) is 19.3. The Labute approximate surface area is 866 Å². The van der Waals surface area contributed by atoms with E-state index >= 15 is 0 Å². The van der Waals surface area contributed by atoms with E-state index in [1.54, 1.807) is 41.0 Å². The van der Waals surface area contributed by atoms with Gasteiger partial charge in [0.05, 0.1) is 108 Å². The largest absolute Gasteiger partial charge is 0.494 e. The number of hydrogen-bond acceptors (Lipinski definition) is 26. The number of benzene rings is 6. The average Bonchev–Trinajstić information content (AvgIpc) is 1.56. The number of nitrogens with zero attached hydrogens (tertiary/aromatic N) is 3. The number of fused-ring (bicyclic) bond motifs is 6. The molecule has 5 fully saturated rings. The normalized spacial score (nSPS) is 20.8. The van der Waals surface area contributed by atoms with Crippen LogP contribution in [0.15, 0.2) is 146 Å². The van der Waals surface area contributed by atoms with Gasteiger partial charge in [0, 0.05) is 115 Å². The van der Waals surface area contributed by atoms with E-state index in [1.165, 1.54) is 78.6 Å². The molecular formula is C112H159B2N5O23S2. The molecule has 6 aromatic rings. The third kappa shape index (κ3) is 30.7. The molecule has 0 spiro atoms. The maximum Gasteiger partial charge on any atom is 0.494 e. The van der Waals surface area contributed by atoms with Crippen LogP contribution in [0.1, 0.15) is 221 Å². The van der Waals surface area contributed by atoms with Crippen molar-refractivity contribution in [1.82, 2.24) is 20.2 Å². The van der Waals surface area contributed by atoms with E-state index in [-0.39, 0.29) is 66.0 Å². The summed E-state index contributed by atoms with van der Waals surface area (Å²) in [5.41, 5.74) is 19.2. The number of methoxy groups -OCH3 is 4. The number of carbonyl (C=O) groups excluding carboxylic acids is 8. The Kier molecular flexibility index (Phi) is 47.9. The van der Waals surface area contributed by atoms with E-state index in [4.69, 9.17) is 76.6 Å². The Balaban J connectivity index is 0.000000253. The van der Waals surface area contributed by atoms with E-state index < -0.39 is 65.3 Å². The van der Waals surface area contributed by atoms with Gasteiger partial charge in [0.25, 0.3) is 35.4 Å². The molecular weight excluding hydrogens is 1870 g/mol. The van der Waals surface area contributed by atoms with Gasteiger partial charge in [-0.1, -0.05) is 113 Å². The molecule has 0 bridgehead atoms. The number of rotatable bonds is 46. The molecule has 2 atom stereocenters. The summed E-state index contributed by atoms with van der Waals surface area (Å²) in [7, 11) is 5.83. The van der Waals surface area contributed by atoms with E-state index in [0.29, 0.717) is 149 Å². The summed E-state index contributed by atoms with van der Waals surface area (Å²) < 4.78 is 84.2. The number of ether oxygens (including phenoxy) is 10. The first-order chi connectivity index (χ1) is 69.5. The van der Waals surface area contributed by atoms with Crippen molar-refractivity contribution in [3.8, 4) is 56.0 Å².